The Balaban J connectivity index is 1.91. The van der Waals surface area contributed by atoms with Crippen molar-refractivity contribution in [2.75, 3.05) is 18.9 Å². The van der Waals surface area contributed by atoms with Crippen LogP contribution in [0.25, 0.3) is 0 Å². The lowest BCUT2D eigenvalue weighted by Gasteiger charge is -2.15. The van der Waals surface area contributed by atoms with Crippen molar-refractivity contribution in [2.24, 2.45) is 5.41 Å². The zero-order valence-electron chi connectivity index (χ0n) is 16.6. The van der Waals surface area contributed by atoms with Crippen molar-refractivity contribution in [1.29, 1.82) is 0 Å². The first kappa shape index (κ1) is 20.5. The van der Waals surface area contributed by atoms with Crippen molar-refractivity contribution >= 4 is 11.6 Å². The molecule has 0 atom stereocenters. The van der Waals surface area contributed by atoms with Gasteiger partial charge in [0.1, 0.15) is 0 Å². The van der Waals surface area contributed by atoms with Gasteiger partial charge in [0, 0.05) is 29.8 Å². The van der Waals surface area contributed by atoms with Crippen LogP contribution in [0.5, 0.6) is 0 Å². The van der Waals surface area contributed by atoms with E-state index in [9.17, 15) is 4.79 Å². The van der Waals surface area contributed by atoms with Crippen LogP contribution in [0.4, 0.5) is 5.69 Å². The predicted molar refractivity (Wildman–Crippen MR) is 114 cm³/mol. The van der Waals surface area contributed by atoms with E-state index in [0.29, 0.717) is 5.56 Å². The van der Waals surface area contributed by atoms with E-state index in [4.69, 9.17) is 0 Å². The third-order valence-electron chi connectivity index (χ3n) is 3.74. The van der Waals surface area contributed by atoms with E-state index in [1.165, 1.54) is 0 Å². The molecular weight excluding hydrogens is 332 g/mol. The smallest absolute Gasteiger partial charge is 0.255 e. The molecule has 1 amide bonds. The van der Waals surface area contributed by atoms with Gasteiger partial charge < -0.3 is 5.32 Å². The van der Waals surface area contributed by atoms with Crippen molar-refractivity contribution in [3.8, 4) is 11.8 Å². The molecule has 3 nitrogen and oxygen atoms in total. The number of hydrogen-bond acceptors (Lipinski definition) is 2. The quantitative estimate of drug-likeness (QED) is 0.737. The second-order valence-corrected chi connectivity index (χ2v) is 7.64. The summed E-state index contributed by atoms with van der Waals surface area (Å²) in [4.78, 5) is 14.6. The number of nitrogens with zero attached hydrogens (tertiary/aromatic N) is 1. The Morgan fingerprint density at radius 2 is 1.85 bits per heavy atom. The lowest BCUT2D eigenvalue weighted by Crippen LogP contribution is -2.18. The van der Waals surface area contributed by atoms with Crippen LogP contribution in [0.2, 0.25) is 0 Å². The Bertz CT molecular complexity index is 836. The van der Waals surface area contributed by atoms with Crippen LogP contribution >= 0.6 is 0 Å². The average molecular weight is 361 g/mol. The van der Waals surface area contributed by atoms with Gasteiger partial charge in [-0.1, -0.05) is 48.2 Å². The monoisotopic (exact) mass is 360 g/mol. The summed E-state index contributed by atoms with van der Waals surface area (Å²) in [5.41, 5.74) is 2.59. The van der Waals surface area contributed by atoms with Gasteiger partial charge in [0.2, 0.25) is 0 Å². The third-order valence-corrected chi connectivity index (χ3v) is 3.74. The zero-order chi connectivity index (χ0) is 19.7. The fraction of sp³-hybridized carbons (Fsp3) is 0.292. The summed E-state index contributed by atoms with van der Waals surface area (Å²) in [6.07, 6.45) is 3.97. The number of hydrogen-bond donors (Lipinski definition) is 1. The summed E-state index contributed by atoms with van der Waals surface area (Å²) >= 11 is 0. The molecule has 0 aliphatic carbocycles. The van der Waals surface area contributed by atoms with Crippen LogP contribution in [0, 0.1) is 17.3 Å². The molecule has 0 fully saturated rings. The van der Waals surface area contributed by atoms with E-state index >= 15 is 0 Å². The second-order valence-electron chi connectivity index (χ2n) is 7.64. The number of para-hydroxylation sites is 1. The van der Waals surface area contributed by atoms with Crippen LogP contribution in [0.3, 0.4) is 0 Å². The highest BCUT2D eigenvalue weighted by Crippen LogP contribution is 2.12. The molecule has 3 heteroatoms. The number of anilines is 1. The molecule has 0 saturated heterocycles. The Hall–Kier alpha value is -2.83. The highest BCUT2D eigenvalue weighted by Gasteiger charge is 2.07. The summed E-state index contributed by atoms with van der Waals surface area (Å²) in [5, 5.41) is 2.92. The topological polar surface area (TPSA) is 32.3 Å². The van der Waals surface area contributed by atoms with Crippen molar-refractivity contribution in [3.05, 3.63) is 77.9 Å². The second kappa shape index (κ2) is 9.75. The van der Waals surface area contributed by atoms with Crippen LogP contribution in [0.1, 0.15) is 36.7 Å². The van der Waals surface area contributed by atoms with Gasteiger partial charge >= 0.3 is 0 Å². The first-order valence-electron chi connectivity index (χ1n) is 9.15. The largest absolute Gasteiger partial charge is 0.322 e. The molecule has 140 valence electrons. The highest BCUT2D eigenvalue weighted by molar-refractivity contribution is 6.04. The Morgan fingerprint density at radius 3 is 2.56 bits per heavy atom. The molecule has 0 aromatic heterocycles. The molecule has 2 aromatic carbocycles. The first-order chi connectivity index (χ1) is 12.8. The summed E-state index contributed by atoms with van der Waals surface area (Å²) in [5.74, 6) is 6.17. The normalized spacial score (nSPS) is 11.3. The number of carbonyl (C=O) groups is 1. The maximum Gasteiger partial charge on any atom is 0.255 e. The molecule has 0 radical (unpaired) electrons. The van der Waals surface area contributed by atoms with Crippen molar-refractivity contribution < 1.29 is 4.79 Å². The fourth-order valence-electron chi connectivity index (χ4n) is 2.46. The first-order valence-corrected chi connectivity index (χ1v) is 9.15. The van der Waals surface area contributed by atoms with Gasteiger partial charge in [-0.2, -0.15) is 0 Å². The molecule has 0 spiro atoms. The van der Waals surface area contributed by atoms with E-state index in [1.54, 1.807) is 0 Å². The molecule has 0 saturated carbocycles. The number of rotatable bonds is 6. The Morgan fingerprint density at radius 1 is 1.11 bits per heavy atom. The predicted octanol–water partition coefficient (Wildman–Crippen LogP) is 4.98. The molecule has 1 N–H and O–H groups in total. The van der Waals surface area contributed by atoms with Crippen molar-refractivity contribution in [1.82, 2.24) is 4.90 Å². The molecule has 0 aliphatic heterocycles. The van der Waals surface area contributed by atoms with Crippen LogP contribution < -0.4 is 5.32 Å². The zero-order valence-corrected chi connectivity index (χ0v) is 16.6. The van der Waals surface area contributed by atoms with Crippen LogP contribution in [-0.4, -0.2) is 24.4 Å². The van der Waals surface area contributed by atoms with Gasteiger partial charge in [-0.15, -0.1) is 0 Å². The summed E-state index contributed by atoms with van der Waals surface area (Å²) in [7, 11) is 2.05. The molecule has 0 unspecified atom stereocenters. The molecule has 0 heterocycles. The summed E-state index contributed by atoms with van der Waals surface area (Å²) in [6.45, 7) is 7.87. The summed E-state index contributed by atoms with van der Waals surface area (Å²) < 4.78 is 0. The van der Waals surface area contributed by atoms with E-state index in [2.05, 4.69) is 56.0 Å². The van der Waals surface area contributed by atoms with Gasteiger partial charge in [0.25, 0.3) is 5.91 Å². The minimum atomic E-state index is -0.0944. The number of allylic oxidation sites excluding steroid dienone is 1. The van der Waals surface area contributed by atoms with Gasteiger partial charge in [-0.25, -0.2) is 0 Å². The molecular formula is C24H28N2O. The molecule has 0 aliphatic rings. The number of nitrogens with one attached hydrogen (secondary N) is 1. The van der Waals surface area contributed by atoms with E-state index < -0.39 is 0 Å². The fourth-order valence-corrected chi connectivity index (χ4v) is 2.46. The van der Waals surface area contributed by atoms with E-state index in [-0.39, 0.29) is 11.3 Å². The lowest BCUT2D eigenvalue weighted by molar-refractivity contribution is 0.102. The minimum Gasteiger partial charge on any atom is -0.322 e. The van der Waals surface area contributed by atoms with Gasteiger partial charge in [-0.05, 0) is 63.7 Å². The van der Waals surface area contributed by atoms with Crippen molar-refractivity contribution in [2.45, 2.75) is 27.3 Å². The molecule has 2 rings (SSSR count). The third kappa shape index (κ3) is 7.94. The summed E-state index contributed by atoms with van der Waals surface area (Å²) in [6, 6.07) is 17.2. The minimum absolute atomic E-state index is 0.0248. The van der Waals surface area contributed by atoms with Gasteiger partial charge in [0.05, 0.1) is 0 Å². The van der Waals surface area contributed by atoms with E-state index in [1.807, 2.05) is 60.7 Å². The Labute approximate surface area is 163 Å². The van der Waals surface area contributed by atoms with Crippen LogP contribution in [-0.2, 0) is 6.54 Å². The number of carbonyl (C=O) groups excluding carboxylic acids is 1. The highest BCUT2D eigenvalue weighted by atomic mass is 16.1. The van der Waals surface area contributed by atoms with Gasteiger partial charge in [-0.3, -0.25) is 9.69 Å². The maximum absolute atomic E-state index is 12.4. The SMILES string of the molecule is CN(C/C=C\C#CC(C)(C)C)Cc1cccc(C(=O)Nc2ccccc2)c1. The number of benzene rings is 2. The molecule has 27 heavy (non-hydrogen) atoms. The maximum atomic E-state index is 12.4. The van der Waals surface area contributed by atoms with Gasteiger partial charge in [0.15, 0.2) is 0 Å². The van der Waals surface area contributed by atoms with E-state index in [0.717, 1.165) is 24.3 Å². The average Bonchev–Trinajstić information content (AvgIpc) is 2.61. The van der Waals surface area contributed by atoms with Crippen LogP contribution in [0.15, 0.2) is 66.7 Å². The lowest BCUT2D eigenvalue weighted by atomic mass is 9.98. The number of amides is 1. The molecule has 2 aromatic rings. The molecule has 0 bridgehead atoms. The Kier molecular flexibility index (Phi) is 7.40. The number of likely N-dealkylation sites (N-methyl/N-ethyl adjacent to an activating group) is 1. The van der Waals surface area contributed by atoms with Crippen molar-refractivity contribution in [3.63, 3.8) is 0 Å². The standard InChI is InChI=1S/C24H28N2O/c1-24(2,3)16-9-6-10-17-26(4)19-20-12-11-13-21(18-20)23(27)25-22-14-7-5-8-15-22/h5-8,10-15,18H,17,19H2,1-4H3,(H,25,27)/b10-6-.